The molecule has 5 nitrogen and oxygen atoms in total. The molecule has 3 atom stereocenters. The Balaban J connectivity index is 1.17. The normalized spacial score (nSPS) is 22.0. The van der Waals surface area contributed by atoms with E-state index >= 15 is 0 Å². The lowest BCUT2D eigenvalue weighted by Crippen LogP contribution is -2.28. The van der Waals surface area contributed by atoms with Crippen LogP contribution in [0.5, 0.6) is 5.75 Å². The number of nitrogens with zero attached hydrogens (tertiary/aromatic N) is 1. The fourth-order valence-corrected chi connectivity index (χ4v) is 3.78. The summed E-state index contributed by atoms with van der Waals surface area (Å²) in [6.07, 6.45) is 7.16. The van der Waals surface area contributed by atoms with Crippen molar-refractivity contribution in [1.29, 1.82) is 0 Å². The number of H-pyrrole nitrogens is 1. The van der Waals surface area contributed by atoms with Gasteiger partial charge in [0.25, 0.3) is 0 Å². The third kappa shape index (κ3) is 3.61. The second kappa shape index (κ2) is 6.97. The average molecular weight is 375 g/mol. The summed E-state index contributed by atoms with van der Waals surface area (Å²) in [5, 5.41) is 4.32. The van der Waals surface area contributed by atoms with E-state index in [9.17, 15) is 4.79 Å². The summed E-state index contributed by atoms with van der Waals surface area (Å²) in [4.78, 5) is 20.4. The molecule has 3 aromatic rings. The standard InChI is InChI=1S/C23H25N3O2/c1-14(21-7-6-18(12-25-21)28-13-15-2-3-15)26-23(27)20-11-19(20)17-5-4-16-8-9-24-22(16)10-17/h4-10,12,14-15,19-20,24H,2-3,11,13H2,1H3,(H,26,27)/t14-,19+,20-/m1/s1. The van der Waals surface area contributed by atoms with E-state index in [2.05, 4.69) is 39.6 Å². The highest BCUT2D eigenvalue weighted by Gasteiger charge is 2.44. The molecular weight excluding hydrogens is 350 g/mol. The average Bonchev–Trinajstić information content (AvgIpc) is 3.63. The first-order chi connectivity index (χ1) is 13.7. The van der Waals surface area contributed by atoms with E-state index in [1.807, 2.05) is 25.3 Å². The van der Waals surface area contributed by atoms with Crippen LogP contribution in [-0.2, 0) is 4.79 Å². The van der Waals surface area contributed by atoms with Crippen LogP contribution < -0.4 is 10.1 Å². The van der Waals surface area contributed by atoms with Crippen molar-refractivity contribution in [2.45, 2.75) is 38.1 Å². The lowest BCUT2D eigenvalue weighted by Gasteiger charge is -2.14. The summed E-state index contributed by atoms with van der Waals surface area (Å²) < 4.78 is 5.73. The molecule has 2 fully saturated rings. The van der Waals surface area contributed by atoms with Crippen LogP contribution in [0.4, 0.5) is 0 Å². The number of pyridine rings is 1. The number of aromatic nitrogens is 2. The molecule has 2 aliphatic carbocycles. The van der Waals surface area contributed by atoms with E-state index in [0.717, 1.165) is 35.9 Å². The van der Waals surface area contributed by atoms with Crippen LogP contribution in [0, 0.1) is 11.8 Å². The molecule has 144 valence electrons. The lowest BCUT2D eigenvalue weighted by molar-refractivity contribution is -0.123. The third-order valence-electron chi connectivity index (χ3n) is 5.88. The molecule has 2 saturated carbocycles. The molecular formula is C23H25N3O2. The minimum atomic E-state index is -0.114. The molecule has 2 aromatic heterocycles. The fraction of sp³-hybridized carbons (Fsp3) is 0.391. The van der Waals surface area contributed by atoms with Gasteiger partial charge >= 0.3 is 0 Å². The Morgan fingerprint density at radius 3 is 2.96 bits per heavy atom. The molecule has 0 aliphatic heterocycles. The van der Waals surface area contributed by atoms with Crippen molar-refractivity contribution >= 4 is 16.8 Å². The van der Waals surface area contributed by atoms with Gasteiger partial charge in [0.1, 0.15) is 5.75 Å². The van der Waals surface area contributed by atoms with Crippen LogP contribution in [-0.4, -0.2) is 22.5 Å². The maximum Gasteiger partial charge on any atom is 0.224 e. The zero-order valence-electron chi connectivity index (χ0n) is 16.0. The Morgan fingerprint density at radius 1 is 1.29 bits per heavy atom. The van der Waals surface area contributed by atoms with E-state index in [4.69, 9.17) is 4.74 Å². The van der Waals surface area contributed by atoms with Crippen molar-refractivity contribution in [3.8, 4) is 5.75 Å². The molecule has 2 N–H and O–H groups in total. The summed E-state index contributed by atoms with van der Waals surface area (Å²) in [6, 6.07) is 12.3. The largest absolute Gasteiger partial charge is 0.492 e. The molecule has 1 aromatic carbocycles. The first-order valence-corrected chi connectivity index (χ1v) is 10.1. The molecule has 5 heteroatoms. The van der Waals surface area contributed by atoms with Gasteiger partial charge in [0.05, 0.1) is 24.5 Å². The summed E-state index contributed by atoms with van der Waals surface area (Å²) in [6.45, 7) is 2.76. The Morgan fingerprint density at radius 2 is 2.18 bits per heavy atom. The van der Waals surface area contributed by atoms with Gasteiger partial charge in [0.2, 0.25) is 5.91 Å². The van der Waals surface area contributed by atoms with E-state index in [1.165, 1.54) is 23.8 Å². The van der Waals surface area contributed by atoms with Crippen LogP contribution in [0.2, 0.25) is 0 Å². The van der Waals surface area contributed by atoms with Gasteiger partial charge in [0.15, 0.2) is 0 Å². The minimum Gasteiger partial charge on any atom is -0.492 e. The summed E-state index contributed by atoms with van der Waals surface area (Å²) in [7, 11) is 0. The number of fused-ring (bicyclic) bond motifs is 1. The summed E-state index contributed by atoms with van der Waals surface area (Å²) in [5.74, 6) is 2.00. The third-order valence-corrected chi connectivity index (χ3v) is 5.88. The van der Waals surface area contributed by atoms with Gasteiger partial charge in [-0.15, -0.1) is 0 Å². The Kier molecular flexibility index (Phi) is 4.30. The smallest absolute Gasteiger partial charge is 0.224 e. The van der Waals surface area contributed by atoms with Gasteiger partial charge in [-0.3, -0.25) is 9.78 Å². The molecule has 2 aliphatic rings. The molecule has 1 amide bonds. The SMILES string of the molecule is C[C@@H](NC(=O)[C@@H]1C[C@H]1c1ccc2cc[nH]c2c1)c1ccc(OCC2CC2)cn1. The zero-order valence-corrected chi connectivity index (χ0v) is 16.0. The van der Waals surface area contributed by atoms with Gasteiger partial charge in [0, 0.05) is 17.6 Å². The highest BCUT2D eigenvalue weighted by atomic mass is 16.5. The quantitative estimate of drug-likeness (QED) is 0.646. The van der Waals surface area contributed by atoms with Gasteiger partial charge in [-0.05, 0) is 73.2 Å². The second-order valence-electron chi connectivity index (χ2n) is 8.18. The molecule has 2 heterocycles. The molecule has 0 radical (unpaired) electrons. The minimum absolute atomic E-state index is 0.0519. The molecule has 0 unspecified atom stereocenters. The maximum absolute atomic E-state index is 12.7. The number of nitrogens with one attached hydrogen (secondary N) is 2. The lowest BCUT2D eigenvalue weighted by atomic mass is 10.1. The number of carbonyl (C=O) groups is 1. The number of rotatable bonds is 7. The molecule has 0 saturated heterocycles. The predicted molar refractivity (Wildman–Crippen MR) is 108 cm³/mol. The first kappa shape index (κ1) is 17.3. The highest BCUT2D eigenvalue weighted by molar-refractivity contribution is 5.84. The Labute approximate surface area is 164 Å². The van der Waals surface area contributed by atoms with Crippen molar-refractivity contribution in [2.24, 2.45) is 11.8 Å². The van der Waals surface area contributed by atoms with Gasteiger partial charge in [-0.1, -0.05) is 12.1 Å². The number of hydrogen-bond acceptors (Lipinski definition) is 3. The topological polar surface area (TPSA) is 67.0 Å². The van der Waals surface area contributed by atoms with E-state index in [0.29, 0.717) is 5.92 Å². The van der Waals surface area contributed by atoms with Crippen molar-refractivity contribution in [1.82, 2.24) is 15.3 Å². The van der Waals surface area contributed by atoms with E-state index in [-0.39, 0.29) is 17.9 Å². The monoisotopic (exact) mass is 375 g/mol. The molecule has 0 bridgehead atoms. The number of amides is 1. The fourth-order valence-electron chi connectivity index (χ4n) is 3.78. The molecule has 28 heavy (non-hydrogen) atoms. The summed E-state index contributed by atoms with van der Waals surface area (Å²) >= 11 is 0. The number of aromatic amines is 1. The van der Waals surface area contributed by atoms with Crippen molar-refractivity contribution in [3.63, 3.8) is 0 Å². The van der Waals surface area contributed by atoms with Crippen molar-refractivity contribution < 1.29 is 9.53 Å². The van der Waals surface area contributed by atoms with Crippen LogP contribution in [0.25, 0.3) is 10.9 Å². The highest BCUT2D eigenvalue weighted by Crippen LogP contribution is 2.48. The summed E-state index contributed by atoms with van der Waals surface area (Å²) in [5.41, 5.74) is 3.22. The zero-order chi connectivity index (χ0) is 19.1. The number of ether oxygens (including phenoxy) is 1. The van der Waals surface area contributed by atoms with Crippen LogP contribution in [0.3, 0.4) is 0 Å². The van der Waals surface area contributed by atoms with Crippen molar-refractivity contribution in [3.05, 3.63) is 60.0 Å². The number of benzene rings is 1. The number of carbonyl (C=O) groups excluding carboxylic acids is 1. The van der Waals surface area contributed by atoms with Gasteiger partial charge in [-0.2, -0.15) is 0 Å². The van der Waals surface area contributed by atoms with E-state index in [1.54, 1.807) is 6.20 Å². The van der Waals surface area contributed by atoms with Crippen LogP contribution in [0.1, 0.15) is 49.4 Å². The van der Waals surface area contributed by atoms with E-state index < -0.39 is 0 Å². The Bertz CT molecular complexity index is 991. The number of hydrogen-bond donors (Lipinski definition) is 2. The first-order valence-electron chi connectivity index (χ1n) is 10.1. The van der Waals surface area contributed by atoms with Crippen LogP contribution in [0.15, 0.2) is 48.8 Å². The second-order valence-corrected chi connectivity index (χ2v) is 8.18. The van der Waals surface area contributed by atoms with Crippen molar-refractivity contribution in [2.75, 3.05) is 6.61 Å². The maximum atomic E-state index is 12.7. The Hall–Kier alpha value is -2.82. The predicted octanol–water partition coefficient (Wildman–Crippen LogP) is 4.33. The molecule has 0 spiro atoms. The molecule has 5 rings (SSSR count). The van der Waals surface area contributed by atoms with Gasteiger partial charge < -0.3 is 15.0 Å². The van der Waals surface area contributed by atoms with Gasteiger partial charge in [-0.25, -0.2) is 0 Å². The van der Waals surface area contributed by atoms with Crippen LogP contribution >= 0.6 is 0 Å².